The van der Waals surface area contributed by atoms with Gasteiger partial charge in [0, 0.05) is 19.6 Å². The fourth-order valence-corrected chi connectivity index (χ4v) is 3.76. The summed E-state index contributed by atoms with van der Waals surface area (Å²) in [6, 6.07) is 8.69. The number of rotatable bonds is 2. The van der Waals surface area contributed by atoms with Crippen molar-refractivity contribution in [3.8, 4) is 0 Å². The topological polar surface area (TPSA) is 35.5 Å². The van der Waals surface area contributed by atoms with Crippen molar-refractivity contribution in [1.29, 1.82) is 0 Å². The number of benzene rings is 1. The van der Waals surface area contributed by atoms with Gasteiger partial charge in [-0.15, -0.1) is 0 Å². The molecule has 0 aromatic heterocycles. The Bertz CT molecular complexity index is 427. The van der Waals surface area contributed by atoms with Gasteiger partial charge in [-0.25, -0.2) is 0 Å². The van der Waals surface area contributed by atoms with Gasteiger partial charge in [-0.1, -0.05) is 24.3 Å². The van der Waals surface area contributed by atoms with Crippen LogP contribution in [0.3, 0.4) is 0 Å². The van der Waals surface area contributed by atoms with Crippen molar-refractivity contribution >= 4 is 0 Å². The zero-order valence-electron chi connectivity index (χ0n) is 11.6. The van der Waals surface area contributed by atoms with Crippen molar-refractivity contribution in [2.75, 3.05) is 32.8 Å². The molecule has 3 nitrogen and oxygen atoms in total. The molecule has 1 aliphatic heterocycles. The molecule has 1 unspecified atom stereocenters. The second-order valence-electron chi connectivity index (χ2n) is 5.79. The molecule has 1 aromatic rings. The lowest BCUT2D eigenvalue weighted by Gasteiger charge is -2.46. The molecule has 0 radical (unpaired) electrons. The van der Waals surface area contributed by atoms with Crippen LogP contribution in [0.4, 0.5) is 0 Å². The zero-order valence-corrected chi connectivity index (χ0v) is 11.6. The van der Waals surface area contributed by atoms with Gasteiger partial charge in [-0.2, -0.15) is 0 Å². The summed E-state index contributed by atoms with van der Waals surface area (Å²) in [5.41, 5.74) is 2.66. The number of aliphatic hydroxyl groups excluding tert-OH is 1. The van der Waals surface area contributed by atoms with E-state index in [9.17, 15) is 5.11 Å². The lowest BCUT2D eigenvalue weighted by Crippen LogP contribution is -2.52. The lowest BCUT2D eigenvalue weighted by atomic mass is 9.75. The molecule has 1 aliphatic carbocycles. The van der Waals surface area contributed by atoms with Gasteiger partial charge in [-0.05, 0) is 43.4 Å². The molecule has 2 N–H and O–H groups in total. The predicted molar refractivity (Wildman–Crippen MR) is 77.2 cm³/mol. The first-order valence-corrected chi connectivity index (χ1v) is 7.52. The maximum absolute atomic E-state index is 10.2. The molecule has 3 rings (SSSR count). The Labute approximate surface area is 115 Å². The zero-order chi connectivity index (χ0) is 13.1. The summed E-state index contributed by atoms with van der Waals surface area (Å²) in [5.74, 6) is 0. The summed E-state index contributed by atoms with van der Waals surface area (Å²) in [6.07, 6.45) is 4.59. The number of nitrogens with zero attached hydrogens (tertiary/aromatic N) is 1. The maximum Gasteiger partial charge on any atom is 0.0697 e. The number of hydrogen-bond donors (Lipinski definition) is 2. The predicted octanol–water partition coefficient (Wildman–Crippen LogP) is 1.51. The molecular weight excluding hydrogens is 236 g/mol. The van der Waals surface area contributed by atoms with Crippen LogP contribution in [-0.4, -0.2) is 42.8 Å². The first kappa shape index (κ1) is 13.1. The Morgan fingerprint density at radius 1 is 1.16 bits per heavy atom. The largest absolute Gasteiger partial charge is 0.394 e. The van der Waals surface area contributed by atoms with Crippen LogP contribution in [0.2, 0.25) is 0 Å². The van der Waals surface area contributed by atoms with E-state index in [1.54, 1.807) is 0 Å². The van der Waals surface area contributed by atoms with Crippen LogP contribution >= 0.6 is 0 Å². The minimum Gasteiger partial charge on any atom is -0.394 e. The highest BCUT2D eigenvalue weighted by atomic mass is 16.3. The van der Waals surface area contributed by atoms with E-state index >= 15 is 0 Å². The van der Waals surface area contributed by atoms with Crippen molar-refractivity contribution in [1.82, 2.24) is 10.2 Å². The van der Waals surface area contributed by atoms with E-state index in [2.05, 4.69) is 34.5 Å². The molecule has 0 bridgehead atoms. The van der Waals surface area contributed by atoms with Gasteiger partial charge in [0.1, 0.15) is 0 Å². The minimum absolute atomic E-state index is 0.138. The van der Waals surface area contributed by atoms with Crippen LogP contribution in [0.15, 0.2) is 24.3 Å². The fourth-order valence-electron chi connectivity index (χ4n) is 3.76. The maximum atomic E-state index is 10.2. The molecule has 2 aliphatic rings. The van der Waals surface area contributed by atoms with Gasteiger partial charge in [0.25, 0.3) is 0 Å². The summed E-state index contributed by atoms with van der Waals surface area (Å²) in [5, 5.41) is 13.6. The molecular formula is C16H24N2O. The van der Waals surface area contributed by atoms with Crippen LogP contribution < -0.4 is 5.32 Å². The summed E-state index contributed by atoms with van der Waals surface area (Å²) < 4.78 is 0. The van der Waals surface area contributed by atoms with E-state index in [1.165, 1.54) is 24.0 Å². The highest BCUT2D eigenvalue weighted by Crippen LogP contribution is 2.40. The van der Waals surface area contributed by atoms with Crippen LogP contribution in [-0.2, 0) is 12.0 Å². The van der Waals surface area contributed by atoms with E-state index in [0.717, 1.165) is 39.0 Å². The van der Waals surface area contributed by atoms with Crippen molar-refractivity contribution in [3.63, 3.8) is 0 Å². The quantitative estimate of drug-likeness (QED) is 0.846. The average molecular weight is 260 g/mol. The van der Waals surface area contributed by atoms with Crippen LogP contribution in [0.5, 0.6) is 0 Å². The molecule has 0 saturated carbocycles. The summed E-state index contributed by atoms with van der Waals surface area (Å²) >= 11 is 0. The number of fused-ring (bicyclic) bond motifs is 1. The van der Waals surface area contributed by atoms with Gasteiger partial charge < -0.3 is 10.4 Å². The monoisotopic (exact) mass is 260 g/mol. The molecule has 1 aromatic carbocycles. The second kappa shape index (κ2) is 5.61. The van der Waals surface area contributed by atoms with E-state index in [0.29, 0.717) is 0 Å². The van der Waals surface area contributed by atoms with E-state index < -0.39 is 0 Å². The van der Waals surface area contributed by atoms with Gasteiger partial charge in [0.2, 0.25) is 0 Å². The third-order valence-electron chi connectivity index (χ3n) is 4.76. The van der Waals surface area contributed by atoms with Crippen molar-refractivity contribution in [2.24, 2.45) is 0 Å². The van der Waals surface area contributed by atoms with Gasteiger partial charge in [0.05, 0.1) is 12.1 Å². The Kier molecular flexibility index (Phi) is 3.87. The molecule has 1 saturated heterocycles. The summed E-state index contributed by atoms with van der Waals surface area (Å²) in [7, 11) is 0. The molecule has 0 spiro atoms. The van der Waals surface area contributed by atoms with E-state index in [1.807, 2.05) is 0 Å². The van der Waals surface area contributed by atoms with Gasteiger partial charge in [0.15, 0.2) is 0 Å². The Balaban J connectivity index is 1.98. The number of hydrogen-bond acceptors (Lipinski definition) is 3. The summed E-state index contributed by atoms with van der Waals surface area (Å²) in [6.45, 7) is 4.49. The van der Waals surface area contributed by atoms with Gasteiger partial charge in [-0.3, -0.25) is 4.90 Å². The Hall–Kier alpha value is -0.900. The van der Waals surface area contributed by atoms with Crippen LogP contribution in [0.25, 0.3) is 0 Å². The highest BCUT2D eigenvalue weighted by Gasteiger charge is 2.40. The molecule has 1 atom stereocenters. The van der Waals surface area contributed by atoms with Gasteiger partial charge >= 0.3 is 0 Å². The number of nitrogens with one attached hydrogen (secondary N) is 1. The second-order valence-corrected chi connectivity index (χ2v) is 5.79. The SMILES string of the molecule is OCC1(N2CCCNCC2)CCCc2ccccc21. The lowest BCUT2D eigenvalue weighted by molar-refractivity contribution is 0.0162. The third-order valence-corrected chi connectivity index (χ3v) is 4.76. The van der Waals surface area contributed by atoms with E-state index in [4.69, 9.17) is 0 Å². The smallest absolute Gasteiger partial charge is 0.0697 e. The molecule has 1 fully saturated rings. The standard InChI is InChI=1S/C16H24N2O/c19-13-16(18-11-4-9-17-10-12-18)8-3-6-14-5-1-2-7-15(14)16/h1-2,5,7,17,19H,3-4,6,8-13H2. The normalized spacial score (nSPS) is 28.7. The third kappa shape index (κ3) is 2.31. The highest BCUT2D eigenvalue weighted by molar-refractivity contribution is 5.36. The average Bonchev–Trinajstić information content (AvgIpc) is 2.76. The number of aryl methyl sites for hydroxylation is 1. The molecule has 1 heterocycles. The molecule has 104 valence electrons. The number of aliphatic hydroxyl groups is 1. The fraction of sp³-hybridized carbons (Fsp3) is 0.625. The molecule has 0 amide bonds. The first-order valence-electron chi connectivity index (χ1n) is 7.52. The van der Waals surface area contributed by atoms with Crippen molar-refractivity contribution in [3.05, 3.63) is 35.4 Å². The Morgan fingerprint density at radius 3 is 2.95 bits per heavy atom. The Morgan fingerprint density at radius 2 is 2.05 bits per heavy atom. The molecule has 19 heavy (non-hydrogen) atoms. The van der Waals surface area contributed by atoms with Crippen molar-refractivity contribution < 1.29 is 5.11 Å². The first-order chi connectivity index (χ1) is 9.37. The van der Waals surface area contributed by atoms with Crippen molar-refractivity contribution in [2.45, 2.75) is 31.2 Å². The minimum atomic E-state index is -0.138. The van der Waals surface area contributed by atoms with Crippen LogP contribution in [0.1, 0.15) is 30.4 Å². The summed E-state index contributed by atoms with van der Waals surface area (Å²) in [4.78, 5) is 2.52. The van der Waals surface area contributed by atoms with E-state index in [-0.39, 0.29) is 12.1 Å². The van der Waals surface area contributed by atoms with Crippen LogP contribution in [0, 0.1) is 0 Å². The molecule has 3 heteroatoms.